The van der Waals surface area contributed by atoms with Crippen molar-refractivity contribution in [2.45, 2.75) is 51.8 Å². The van der Waals surface area contributed by atoms with Crippen LogP contribution in [0.2, 0.25) is 0 Å². The van der Waals surface area contributed by atoms with Crippen molar-refractivity contribution < 1.29 is 4.74 Å². The lowest BCUT2D eigenvalue weighted by Gasteiger charge is -2.21. The van der Waals surface area contributed by atoms with E-state index in [1.165, 1.54) is 11.1 Å². The number of terminal acetylenes is 1. The fraction of sp³-hybridized carbons (Fsp3) is 0.500. The van der Waals surface area contributed by atoms with Gasteiger partial charge in [-0.15, -0.1) is 6.42 Å². The minimum Gasteiger partial charge on any atom is -0.487 e. The maximum atomic E-state index is 6.03. The summed E-state index contributed by atoms with van der Waals surface area (Å²) in [5, 5.41) is 3.37. The minimum atomic E-state index is -0.295. The Morgan fingerprint density at radius 2 is 2.17 bits per heavy atom. The summed E-state index contributed by atoms with van der Waals surface area (Å²) in [6.45, 7) is 8.98. The van der Waals surface area contributed by atoms with Crippen molar-refractivity contribution in [2.75, 3.05) is 0 Å². The van der Waals surface area contributed by atoms with Crippen LogP contribution in [0.3, 0.4) is 0 Å². The molecule has 1 N–H and O–H groups in total. The van der Waals surface area contributed by atoms with Crippen LogP contribution in [0.25, 0.3) is 0 Å². The standard InChI is InChI=1S/C16H21NO/c1-6-15(2,3)17-11-13-9-7-8-12-10-16(4,5)18-14(12)13/h1,7-9,17H,10-11H2,2-5H3. The van der Waals surface area contributed by atoms with Crippen LogP contribution in [-0.2, 0) is 13.0 Å². The van der Waals surface area contributed by atoms with Crippen LogP contribution in [0.5, 0.6) is 5.75 Å². The van der Waals surface area contributed by atoms with E-state index in [0.717, 1.165) is 18.7 Å². The van der Waals surface area contributed by atoms with Gasteiger partial charge in [0.25, 0.3) is 0 Å². The lowest BCUT2D eigenvalue weighted by Crippen LogP contribution is -2.37. The van der Waals surface area contributed by atoms with Crippen LogP contribution in [0.1, 0.15) is 38.8 Å². The van der Waals surface area contributed by atoms with Crippen molar-refractivity contribution in [3.8, 4) is 18.1 Å². The third kappa shape index (κ3) is 2.68. The zero-order chi connectivity index (χ0) is 13.4. The molecule has 1 aliphatic heterocycles. The highest BCUT2D eigenvalue weighted by Crippen LogP contribution is 2.37. The van der Waals surface area contributed by atoms with Gasteiger partial charge >= 0.3 is 0 Å². The SMILES string of the molecule is C#CC(C)(C)NCc1cccc2c1OC(C)(C)C2. The van der Waals surface area contributed by atoms with Crippen LogP contribution in [0, 0.1) is 12.3 Å². The molecule has 18 heavy (non-hydrogen) atoms. The van der Waals surface area contributed by atoms with E-state index < -0.39 is 0 Å². The van der Waals surface area contributed by atoms with Gasteiger partial charge in [0.05, 0.1) is 5.54 Å². The van der Waals surface area contributed by atoms with Crippen molar-refractivity contribution in [1.29, 1.82) is 0 Å². The summed E-state index contributed by atoms with van der Waals surface area (Å²) in [4.78, 5) is 0. The maximum absolute atomic E-state index is 6.03. The fourth-order valence-corrected chi connectivity index (χ4v) is 2.19. The zero-order valence-electron chi connectivity index (χ0n) is 11.6. The summed E-state index contributed by atoms with van der Waals surface area (Å²) in [6, 6.07) is 6.32. The Bertz CT molecular complexity index is 494. The fourth-order valence-electron chi connectivity index (χ4n) is 2.19. The molecule has 0 unspecified atom stereocenters. The van der Waals surface area contributed by atoms with Gasteiger partial charge in [-0.05, 0) is 33.3 Å². The van der Waals surface area contributed by atoms with Crippen molar-refractivity contribution in [3.05, 3.63) is 29.3 Å². The molecule has 0 aromatic heterocycles. The molecule has 0 bridgehead atoms. The predicted octanol–water partition coefficient (Wildman–Crippen LogP) is 2.90. The smallest absolute Gasteiger partial charge is 0.127 e. The first kappa shape index (κ1) is 13.0. The average Bonchev–Trinajstić information content (AvgIpc) is 2.60. The van der Waals surface area contributed by atoms with Gasteiger partial charge in [-0.3, -0.25) is 5.32 Å². The molecule has 1 aromatic carbocycles. The number of nitrogens with one attached hydrogen (secondary N) is 1. The highest BCUT2D eigenvalue weighted by molar-refractivity contribution is 5.45. The summed E-state index contributed by atoms with van der Waals surface area (Å²) in [5.41, 5.74) is 2.08. The molecule has 2 nitrogen and oxygen atoms in total. The molecule has 0 amide bonds. The Kier molecular flexibility index (Phi) is 3.12. The molecular weight excluding hydrogens is 222 g/mol. The zero-order valence-corrected chi connectivity index (χ0v) is 11.6. The van der Waals surface area contributed by atoms with E-state index in [4.69, 9.17) is 11.2 Å². The van der Waals surface area contributed by atoms with E-state index in [-0.39, 0.29) is 11.1 Å². The molecule has 2 heteroatoms. The van der Waals surface area contributed by atoms with Gasteiger partial charge in [0.1, 0.15) is 11.4 Å². The lowest BCUT2D eigenvalue weighted by atomic mass is 10.00. The van der Waals surface area contributed by atoms with Gasteiger partial charge in [-0.1, -0.05) is 24.1 Å². The van der Waals surface area contributed by atoms with Crippen molar-refractivity contribution in [3.63, 3.8) is 0 Å². The molecule has 0 fully saturated rings. The summed E-state index contributed by atoms with van der Waals surface area (Å²) in [5.74, 6) is 3.77. The Balaban J connectivity index is 2.18. The van der Waals surface area contributed by atoms with E-state index in [9.17, 15) is 0 Å². The first-order valence-corrected chi connectivity index (χ1v) is 6.36. The second-order valence-electron chi connectivity index (χ2n) is 6.07. The predicted molar refractivity (Wildman–Crippen MR) is 74.6 cm³/mol. The maximum Gasteiger partial charge on any atom is 0.127 e. The number of hydrogen-bond donors (Lipinski definition) is 1. The molecule has 0 saturated carbocycles. The molecular formula is C16H21NO. The first-order valence-electron chi connectivity index (χ1n) is 6.36. The molecule has 1 aliphatic rings. The van der Waals surface area contributed by atoms with E-state index in [1.54, 1.807) is 0 Å². The molecule has 0 radical (unpaired) electrons. The normalized spacial score (nSPS) is 16.8. The summed E-state index contributed by atoms with van der Waals surface area (Å²) in [6.07, 6.45) is 6.45. The largest absolute Gasteiger partial charge is 0.487 e. The Morgan fingerprint density at radius 3 is 2.83 bits per heavy atom. The second kappa shape index (κ2) is 4.33. The quantitative estimate of drug-likeness (QED) is 0.824. The number of ether oxygens (including phenoxy) is 1. The van der Waals surface area contributed by atoms with Gasteiger partial charge in [0.15, 0.2) is 0 Å². The van der Waals surface area contributed by atoms with Crippen LogP contribution >= 0.6 is 0 Å². The Hall–Kier alpha value is -1.46. The monoisotopic (exact) mass is 243 g/mol. The molecule has 1 aromatic rings. The van der Waals surface area contributed by atoms with Crippen molar-refractivity contribution in [1.82, 2.24) is 5.32 Å². The van der Waals surface area contributed by atoms with Crippen molar-refractivity contribution >= 4 is 0 Å². The average molecular weight is 243 g/mol. The van der Waals surface area contributed by atoms with Gasteiger partial charge in [0.2, 0.25) is 0 Å². The van der Waals surface area contributed by atoms with Gasteiger partial charge in [0, 0.05) is 18.5 Å². The Morgan fingerprint density at radius 1 is 1.44 bits per heavy atom. The van der Waals surface area contributed by atoms with Gasteiger partial charge < -0.3 is 4.74 Å². The van der Waals surface area contributed by atoms with E-state index >= 15 is 0 Å². The molecule has 96 valence electrons. The molecule has 0 saturated heterocycles. The molecule has 0 spiro atoms. The summed E-state index contributed by atoms with van der Waals surface area (Å²) >= 11 is 0. The van der Waals surface area contributed by atoms with Crippen LogP contribution in [0.15, 0.2) is 18.2 Å². The van der Waals surface area contributed by atoms with E-state index in [2.05, 4.69) is 43.3 Å². The third-order valence-corrected chi connectivity index (χ3v) is 3.25. The third-order valence-electron chi connectivity index (χ3n) is 3.25. The van der Waals surface area contributed by atoms with Gasteiger partial charge in [-0.2, -0.15) is 0 Å². The Labute approximate surface area is 110 Å². The number of benzene rings is 1. The molecule has 0 aliphatic carbocycles. The summed E-state index contributed by atoms with van der Waals surface area (Å²) < 4.78 is 6.03. The molecule has 0 atom stereocenters. The summed E-state index contributed by atoms with van der Waals surface area (Å²) in [7, 11) is 0. The van der Waals surface area contributed by atoms with Crippen molar-refractivity contribution in [2.24, 2.45) is 0 Å². The van der Waals surface area contributed by atoms with Crippen LogP contribution in [-0.4, -0.2) is 11.1 Å². The number of fused-ring (bicyclic) bond motifs is 1. The highest BCUT2D eigenvalue weighted by atomic mass is 16.5. The second-order valence-corrected chi connectivity index (χ2v) is 6.07. The number of rotatable bonds is 3. The molecule has 1 heterocycles. The van der Waals surface area contributed by atoms with Crippen LogP contribution in [0.4, 0.5) is 0 Å². The minimum absolute atomic E-state index is 0.0972. The lowest BCUT2D eigenvalue weighted by molar-refractivity contribution is 0.137. The number of hydrogen-bond acceptors (Lipinski definition) is 2. The molecule has 2 rings (SSSR count). The topological polar surface area (TPSA) is 21.3 Å². The van der Waals surface area contributed by atoms with Crippen LogP contribution < -0.4 is 10.1 Å². The van der Waals surface area contributed by atoms with E-state index in [0.29, 0.717) is 0 Å². The first-order chi connectivity index (χ1) is 8.33. The number of para-hydroxylation sites is 1. The van der Waals surface area contributed by atoms with E-state index in [1.807, 2.05) is 13.8 Å². The van der Waals surface area contributed by atoms with Gasteiger partial charge in [-0.25, -0.2) is 0 Å². The highest BCUT2D eigenvalue weighted by Gasteiger charge is 2.31.